The van der Waals surface area contributed by atoms with Crippen LogP contribution in [0.1, 0.15) is 12.7 Å². The molecule has 1 heterocycles. The lowest BCUT2D eigenvalue weighted by atomic mass is 10.3. The van der Waals surface area contributed by atoms with Gasteiger partial charge in [0.2, 0.25) is 5.91 Å². The van der Waals surface area contributed by atoms with Gasteiger partial charge < -0.3 is 20.0 Å². The summed E-state index contributed by atoms with van der Waals surface area (Å²) in [5.41, 5.74) is 0. The summed E-state index contributed by atoms with van der Waals surface area (Å²) in [6, 6.07) is 3.45. The second-order valence-corrected chi connectivity index (χ2v) is 4.28. The summed E-state index contributed by atoms with van der Waals surface area (Å²) in [6.07, 6.45) is 1.60. The van der Waals surface area contributed by atoms with Gasteiger partial charge >= 0.3 is 0 Å². The Balaban J connectivity index is 2.18. The van der Waals surface area contributed by atoms with E-state index < -0.39 is 0 Å². The molecule has 0 aromatic carbocycles. The summed E-state index contributed by atoms with van der Waals surface area (Å²) >= 11 is 0. The van der Waals surface area contributed by atoms with Crippen LogP contribution in [0, 0.1) is 0 Å². The highest BCUT2D eigenvalue weighted by Crippen LogP contribution is 1.98. The number of rotatable bonds is 7. The van der Waals surface area contributed by atoms with E-state index in [4.69, 9.17) is 4.42 Å². The lowest BCUT2D eigenvalue weighted by molar-refractivity contribution is -0.123. The molecule has 1 aromatic rings. The van der Waals surface area contributed by atoms with Crippen LogP contribution in [-0.4, -0.2) is 44.0 Å². The Bertz CT molecular complexity index is 323. The van der Waals surface area contributed by atoms with Gasteiger partial charge in [0, 0.05) is 13.1 Å². The van der Waals surface area contributed by atoms with E-state index in [1.54, 1.807) is 12.3 Å². The topological polar surface area (TPSA) is 57.5 Å². The van der Waals surface area contributed by atoms with Crippen LogP contribution in [0.25, 0.3) is 0 Å². The fourth-order valence-electron chi connectivity index (χ4n) is 1.34. The van der Waals surface area contributed by atoms with Crippen molar-refractivity contribution in [2.24, 2.45) is 0 Å². The van der Waals surface area contributed by atoms with Gasteiger partial charge in [-0.3, -0.25) is 4.79 Å². The zero-order valence-electron chi connectivity index (χ0n) is 10.7. The predicted octanol–water partition coefficient (Wildman–Crippen LogP) is 0.436. The van der Waals surface area contributed by atoms with Crippen molar-refractivity contribution in [3.05, 3.63) is 24.2 Å². The molecule has 0 fully saturated rings. The molecule has 2 N–H and O–H groups in total. The highest BCUT2D eigenvalue weighted by atomic mass is 16.3. The highest BCUT2D eigenvalue weighted by Gasteiger charge is 2.11. The molecule has 17 heavy (non-hydrogen) atoms. The van der Waals surface area contributed by atoms with Crippen LogP contribution < -0.4 is 10.6 Å². The lowest BCUT2D eigenvalue weighted by Crippen LogP contribution is -2.43. The van der Waals surface area contributed by atoms with Crippen molar-refractivity contribution in [3.63, 3.8) is 0 Å². The molecule has 5 heteroatoms. The molecule has 5 nitrogen and oxygen atoms in total. The van der Waals surface area contributed by atoms with E-state index in [1.807, 2.05) is 27.1 Å². The standard InChI is InChI=1S/C12H21N3O2/c1-10(13-6-7-15(2)3)12(16)14-9-11-5-4-8-17-11/h4-5,8,10,13H,6-7,9H2,1-3H3,(H,14,16). The molecule has 0 aliphatic carbocycles. The van der Waals surface area contributed by atoms with Gasteiger partial charge in [-0.25, -0.2) is 0 Å². The maximum absolute atomic E-state index is 11.7. The van der Waals surface area contributed by atoms with Crippen LogP contribution in [-0.2, 0) is 11.3 Å². The second kappa shape index (κ2) is 7.09. The van der Waals surface area contributed by atoms with Gasteiger partial charge in [-0.05, 0) is 33.2 Å². The minimum atomic E-state index is -0.190. The number of furan rings is 1. The molecule has 1 amide bonds. The number of carbonyl (C=O) groups excluding carboxylic acids is 1. The number of nitrogens with zero attached hydrogens (tertiary/aromatic N) is 1. The van der Waals surface area contributed by atoms with Gasteiger partial charge in [0.15, 0.2) is 0 Å². The summed E-state index contributed by atoms with van der Waals surface area (Å²) in [6.45, 7) is 4.00. The van der Waals surface area contributed by atoms with E-state index >= 15 is 0 Å². The highest BCUT2D eigenvalue weighted by molar-refractivity contribution is 5.81. The van der Waals surface area contributed by atoms with E-state index in [0.717, 1.165) is 18.8 Å². The number of likely N-dealkylation sites (N-methyl/N-ethyl adjacent to an activating group) is 1. The molecule has 0 radical (unpaired) electrons. The van der Waals surface area contributed by atoms with E-state index in [-0.39, 0.29) is 11.9 Å². The van der Waals surface area contributed by atoms with Crippen molar-refractivity contribution < 1.29 is 9.21 Å². The van der Waals surface area contributed by atoms with Crippen LogP contribution in [0.3, 0.4) is 0 Å². The third kappa shape index (κ3) is 5.51. The van der Waals surface area contributed by atoms with Gasteiger partial charge in [0.05, 0.1) is 18.8 Å². The summed E-state index contributed by atoms with van der Waals surface area (Å²) in [7, 11) is 4.01. The quantitative estimate of drug-likeness (QED) is 0.725. The summed E-state index contributed by atoms with van der Waals surface area (Å²) in [5, 5.41) is 5.97. The van der Waals surface area contributed by atoms with Gasteiger partial charge in [-0.1, -0.05) is 0 Å². The minimum absolute atomic E-state index is 0.0137. The monoisotopic (exact) mass is 239 g/mol. The zero-order chi connectivity index (χ0) is 12.7. The zero-order valence-corrected chi connectivity index (χ0v) is 10.7. The minimum Gasteiger partial charge on any atom is -0.467 e. The third-order valence-corrected chi connectivity index (χ3v) is 2.42. The van der Waals surface area contributed by atoms with Gasteiger partial charge in [0.1, 0.15) is 5.76 Å². The SMILES string of the molecule is CC(NCCN(C)C)C(=O)NCc1ccco1. The maximum Gasteiger partial charge on any atom is 0.237 e. The fourth-order valence-corrected chi connectivity index (χ4v) is 1.34. The molecule has 0 spiro atoms. The van der Waals surface area contributed by atoms with Gasteiger partial charge in [0.25, 0.3) is 0 Å². The molecule has 1 atom stereocenters. The number of hydrogen-bond acceptors (Lipinski definition) is 4. The smallest absolute Gasteiger partial charge is 0.237 e. The maximum atomic E-state index is 11.7. The van der Waals surface area contributed by atoms with Crippen molar-refractivity contribution in [1.82, 2.24) is 15.5 Å². The predicted molar refractivity (Wildman–Crippen MR) is 66.6 cm³/mol. The molecule has 0 bridgehead atoms. The van der Waals surface area contributed by atoms with Crippen molar-refractivity contribution in [2.75, 3.05) is 27.2 Å². The molecule has 96 valence electrons. The molecule has 1 unspecified atom stereocenters. The number of nitrogens with one attached hydrogen (secondary N) is 2. The number of hydrogen-bond donors (Lipinski definition) is 2. The van der Waals surface area contributed by atoms with Crippen molar-refractivity contribution in [3.8, 4) is 0 Å². The van der Waals surface area contributed by atoms with E-state index in [1.165, 1.54) is 0 Å². The molecule has 0 saturated heterocycles. The van der Waals surface area contributed by atoms with Crippen LogP contribution in [0.15, 0.2) is 22.8 Å². The molecular formula is C12H21N3O2. The first-order valence-corrected chi connectivity index (χ1v) is 5.78. The van der Waals surface area contributed by atoms with Crippen LogP contribution in [0.4, 0.5) is 0 Å². The van der Waals surface area contributed by atoms with Gasteiger partial charge in [-0.2, -0.15) is 0 Å². The average Bonchev–Trinajstić information content (AvgIpc) is 2.78. The average molecular weight is 239 g/mol. The van der Waals surface area contributed by atoms with Crippen LogP contribution in [0.2, 0.25) is 0 Å². The van der Waals surface area contributed by atoms with Crippen molar-refractivity contribution >= 4 is 5.91 Å². The summed E-state index contributed by atoms with van der Waals surface area (Å²) in [5.74, 6) is 0.749. The first-order valence-electron chi connectivity index (χ1n) is 5.78. The van der Waals surface area contributed by atoms with Crippen LogP contribution in [0.5, 0.6) is 0 Å². The third-order valence-electron chi connectivity index (χ3n) is 2.42. The molecule has 1 aromatic heterocycles. The Morgan fingerprint density at radius 3 is 2.88 bits per heavy atom. The van der Waals surface area contributed by atoms with Crippen molar-refractivity contribution in [2.45, 2.75) is 19.5 Å². The molecule has 1 rings (SSSR count). The Morgan fingerprint density at radius 1 is 1.53 bits per heavy atom. The molecule has 0 aliphatic rings. The van der Waals surface area contributed by atoms with E-state index in [0.29, 0.717) is 6.54 Å². The molecule has 0 saturated carbocycles. The number of carbonyl (C=O) groups is 1. The normalized spacial score (nSPS) is 12.7. The Hall–Kier alpha value is -1.33. The lowest BCUT2D eigenvalue weighted by Gasteiger charge is -2.15. The van der Waals surface area contributed by atoms with E-state index in [9.17, 15) is 4.79 Å². The summed E-state index contributed by atoms with van der Waals surface area (Å²) < 4.78 is 5.13. The Kier molecular flexibility index (Phi) is 5.72. The van der Waals surface area contributed by atoms with E-state index in [2.05, 4.69) is 15.5 Å². The first-order chi connectivity index (χ1) is 8.09. The Morgan fingerprint density at radius 2 is 2.29 bits per heavy atom. The number of amides is 1. The molecular weight excluding hydrogens is 218 g/mol. The van der Waals surface area contributed by atoms with Gasteiger partial charge in [-0.15, -0.1) is 0 Å². The largest absolute Gasteiger partial charge is 0.467 e. The van der Waals surface area contributed by atoms with Crippen molar-refractivity contribution in [1.29, 1.82) is 0 Å². The molecule has 0 aliphatic heterocycles. The first kappa shape index (κ1) is 13.7. The Labute approximate surface area is 102 Å². The van der Waals surface area contributed by atoms with Crippen LogP contribution >= 0.6 is 0 Å². The second-order valence-electron chi connectivity index (χ2n) is 4.28. The fraction of sp³-hybridized carbons (Fsp3) is 0.583. The summed E-state index contributed by atoms with van der Waals surface area (Å²) in [4.78, 5) is 13.8.